The van der Waals surface area contributed by atoms with E-state index in [0.717, 1.165) is 0 Å². The molecule has 0 spiro atoms. The first-order valence-corrected chi connectivity index (χ1v) is 13.4. The molecule has 0 aliphatic carbocycles. The van der Waals surface area contributed by atoms with Crippen molar-refractivity contribution in [3.8, 4) is 34.5 Å². The summed E-state index contributed by atoms with van der Waals surface area (Å²) in [5.74, 6) is 3.19. The zero-order valence-corrected chi connectivity index (χ0v) is 23.4. The SMILES string of the molecule is O=C(Pc1c(Oc2ccccc2)cc(Oc2ccccc2)cc1Oc1ccccc1)c1c(Cl)cccc1Cl.[H-].[Li+]. The van der Waals surface area contributed by atoms with Gasteiger partial charge in [0, 0.05) is 12.1 Å². The smallest absolute Gasteiger partial charge is 1.00 e. The van der Waals surface area contributed by atoms with Gasteiger partial charge in [0.1, 0.15) is 34.5 Å². The number of rotatable bonds is 9. The van der Waals surface area contributed by atoms with Gasteiger partial charge in [0.15, 0.2) is 5.52 Å². The molecule has 0 saturated carbocycles. The number of ether oxygens (including phenoxy) is 3. The number of carbonyl (C=O) groups is 1. The third-order valence-electron chi connectivity index (χ3n) is 5.39. The van der Waals surface area contributed by atoms with E-state index in [0.29, 0.717) is 39.8 Å². The summed E-state index contributed by atoms with van der Waals surface area (Å²) in [5, 5.41) is 1.13. The predicted molar refractivity (Wildman–Crippen MR) is 156 cm³/mol. The van der Waals surface area contributed by atoms with Crippen molar-refractivity contribution in [1.82, 2.24) is 0 Å². The molecule has 0 N–H and O–H groups in total. The number of benzene rings is 5. The molecule has 0 radical (unpaired) electrons. The van der Waals surface area contributed by atoms with Crippen molar-refractivity contribution in [2.45, 2.75) is 0 Å². The maximum absolute atomic E-state index is 13.5. The van der Waals surface area contributed by atoms with Crippen LogP contribution in [0.1, 0.15) is 11.8 Å². The minimum absolute atomic E-state index is 0. The van der Waals surface area contributed by atoms with Crippen LogP contribution in [-0.2, 0) is 0 Å². The van der Waals surface area contributed by atoms with Crippen LogP contribution >= 0.6 is 31.8 Å². The van der Waals surface area contributed by atoms with Crippen LogP contribution in [0.5, 0.6) is 34.5 Å². The summed E-state index contributed by atoms with van der Waals surface area (Å²) >= 11 is 12.7. The first kappa shape index (κ1) is 28.8. The second-order valence-electron chi connectivity index (χ2n) is 8.09. The molecular weight excluding hydrogens is 545 g/mol. The molecule has 0 bridgehead atoms. The van der Waals surface area contributed by atoms with Crippen LogP contribution < -0.4 is 38.4 Å². The summed E-state index contributed by atoms with van der Waals surface area (Å²) in [5.41, 5.74) is 0.0169. The number of hydrogen-bond donors (Lipinski definition) is 0. The van der Waals surface area contributed by atoms with Crippen LogP contribution in [0.3, 0.4) is 0 Å². The molecule has 5 rings (SSSR count). The Labute approximate surface area is 252 Å². The van der Waals surface area contributed by atoms with Crippen molar-refractivity contribution in [2.75, 3.05) is 0 Å². The maximum Gasteiger partial charge on any atom is 1.00 e. The average molecular weight is 567 g/mol. The number of carbonyl (C=O) groups excluding carboxylic acids is 1. The summed E-state index contributed by atoms with van der Waals surface area (Å²) < 4.78 is 18.7. The zero-order chi connectivity index (χ0) is 26.3. The van der Waals surface area contributed by atoms with E-state index in [1.165, 1.54) is 0 Å². The monoisotopic (exact) mass is 566 g/mol. The Kier molecular flexibility index (Phi) is 10.1. The molecule has 4 nitrogen and oxygen atoms in total. The Bertz CT molecular complexity index is 1480. The molecular formula is C31H22Cl2LiO4P. The van der Waals surface area contributed by atoms with Crippen LogP contribution in [0.25, 0.3) is 0 Å². The van der Waals surface area contributed by atoms with Gasteiger partial charge in [-0.3, -0.25) is 4.79 Å². The van der Waals surface area contributed by atoms with E-state index in [4.69, 9.17) is 37.4 Å². The van der Waals surface area contributed by atoms with Gasteiger partial charge in [0.2, 0.25) is 0 Å². The Morgan fingerprint density at radius 1 is 0.564 bits per heavy atom. The van der Waals surface area contributed by atoms with E-state index in [2.05, 4.69) is 0 Å². The van der Waals surface area contributed by atoms with E-state index < -0.39 is 8.58 Å². The molecule has 5 aromatic carbocycles. The van der Waals surface area contributed by atoms with Gasteiger partial charge in [-0.25, -0.2) is 0 Å². The van der Waals surface area contributed by atoms with Gasteiger partial charge in [-0.1, -0.05) is 83.9 Å². The molecule has 1 unspecified atom stereocenters. The van der Waals surface area contributed by atoms with Crippen molar-refractivity contribution >= 4 is 42.6 Å². The Morgan fingerprint density at radius 3 is 1.41 bits per heavy atom. The summed E-state index contributed by atoms with van der Waals surface area (Å²) in [4.78, 5) is 13.5. The largest absolute Gasteiger partial charge is 1.00 e. The number of hydrogen-bond acceptors (Lipinski definition) is 4. The van der Waals surface area contributed by atoms with E-state index in [1.54, 1.807) is 30.3 Å². The summed E-state index contributed by atoms with van der Waals surface area (Å²) in [6.07, 6.45) is 0. The Hall–Kier alpha value is -3.22. The molecule has 39 heavy (non-hydrogen) atoms. The van der Waals surface area contributed by atoms with Crippen LogP contribution in [-0.4, -0.2) is 5.52 Å². The van der Waals surface area contributed by atoms with Crippen molar-refractivity contribution in [3.63, 3.8) is 0 Å². The summed E-state index contributed by atoms with van der Waals surface area (Å²) in [6, 6.07) is 36.5. The van der Waals surface area contributed by atoms with Gasteiger partial charge in [0.05, 0.1) is 20.9 Å². The van der Waals surface area contributed by atoms with Crippen LogP contribution in [0.2, 0.25) is 10.0 Å². The molecule has 0 heterocycles. The average Bonchev–Trinajstić information content (AvgIpc) is 2.92. The molecule has 1 atom stereocenters. The van der Waals surface area contributed by atoms with E-state index in [9.17, 15) is 4.79 Å². The second kappa shape index (κ2) is 13.7. The molecule has 8 heteroatoms. The zero-order valence-electron chi connectivity index (χ0n) is 21.9. The van der Waals surface area contributed by atoms with Gasteiger partial charge in [-0.2, -0.15) is 0 Å². The van der Waals surface area contributed by atoms with Gasteiger partial charge in [-0.15, -0.1) is 0 Å². The molecule has 0 aromatic heterocycles. The van der Waals surface area contributed by atoms with E-state index in [1.807, 2.05) is 91.0 Å². The molecule has 5 aromatic rings. The van der Waals surface area contributed by atoms with Crippen molar-refractivity contribution in [2.24, 2.45) is 0 Å². The standard InChI is InChI=1S/C31H21Cl2O4P.Li.H/c32-25-17-10-18-26(33)29(25)31(34)38-30-27(36-22-13-6-2-7-14-22)19-24(35-21-11-4-1-5-12-21)20-28(30)37-23-15-8-3-9-16-23;;/h1-20,38H;;/q;+1;-1. The second-order valence-corrected chi connectivity index (χ2v) is 10.1. The molecule has 0 fully saturated rings. The first-order valence-electron chi connectivity index (χ1n) is 11.7. The van der Waals surface area contributed by atoms with Gasteiger partial charge < -0.3 is 15.6 Å². The van der Waals surface area contributed by atoms with Crippen molar-refractivity contribution in [1.29, 1.82) is 0 Å². The first-order chi connectivity index (χ1) is 18.6. The van der Waals surface area contributed by atoms with E-state index >= 15 is 0 Å². The topological polar surface area (TPSA) is 44.8 Å². The van der Waals surface area contributed by atoms with Crippen molar-refractivity contribution in [3.05, 3.63) is 137 Å². The quantitative estimate of drug-likeness (QED) is 0.148. The number of para-hydroxylation sites is 3. The fourth-order valence-corrected chi connectivity index (χ4v) is 5.50. The molecule has 190 valence electrons. The molecule has 0 aliphatic rings. The fraction of sp³-hybridized carbons (Fsp3) is 0. The van der Waals surface area contributed by atoms with Gasteiger partial charge >= 0.3 is 18.9 Å². The van der Waals surface area contributed by atoms with Crippen LogP contribution in [0, 0.1) is 0 Å². The Balaban J connectivity index is 0.00000220. The van der Waals surface area contributed by atoms with Gasteiger partial charge in [-0.05, 0) is 57.1 Å². The maximum atomic E-state index is 13.5. The molecule has 0 saturated heterocycles. The normalized spacial score (nSPS) is 10.6. The Morgan fingerprint density at radius 2 is 0.974 bits per heavy atom. The molecule has 0 amide bonds. The molecule has 0 aliphatic heterocycles. The fourth-order valence-electron chi connectivity index (χ4n) is 3.66. The summed E-state index contributed by atoms with van der Waals surface area (Å²) in [6.45, 7) is 0. The third kappa shape index (κ3) is 7.46. The van der Waals surface area contributed by atoms with Crippen LogP contribution in [0.4, 0.5) is 0 Å². The number of halogens is 2. The summed E-state index contributed by atoms with van der Waals surface area (Å²) in [7, 11) is -0.400. The predicted octanol–water partition coefficient (Wildman–Crippen LogP) is 6.63. The minimum Gasteiger partial charge on any atom is -1.00 e. The van der Waals surface area contributed by atoms with Crippen LogP contribution in [0.15, 0.2) is 121 Å². The third-order valence-corrected chi connectivity index (χ3v) is 7.24. The minimum atomic E-state index is -0.400. The van der Waals surface area contributed by atoms with Gasteiger partial charge in [0.25, 0.3) is 0 Å². The van der Waals surface area contributed by atoms with Crippen molar-refractivity contribution < 1.29 is 39.3 Å². The van der Waals surface area contributed by atoms with E-state index in [-0.39, 0.29) is 41.4 Å².